The summed E-state index contributed by atoms with van der Waals surface area (Å²) in [6.45, 7) is 11.0. The fourth-order valence-corrected chi connectivity index (χ4v) is 2.71. The normalized spacial score (nSPS) is 17.3. The third-order valence-corrected chi connectivity index (χ3v) is 3.78. The molecule has 1 aromatic rings. The molecule has 6 heteroatoms. The maximum atomic E-state index is 4.47. The lowest BCUT2D eigenvalue weighted by Crippen LogP contribution is -2.44. The highest BCUT2D eigenvalue weighted by molar-refractivity contribution is 7.09. The Balaban J connectivity index is 1.62. The largest absolute Gasteiger partial charge is 0.360 e. The minimum Gasteiger partial charge on any atom is -0.360 e. The van der Waals surface area contributed by atoms with Gasteiger partial charge < -0.3 is 15.5 Å². The van der Waals surface area contributed by atoms with E-state index in [1.807, 2.05) is 0 Å². The fraction of sp³-hybridized carbons (Fsp3) is 0.833. The fourth-order valence-electron chi connectivity index (χ4n) is 1.97. The van der Waals surface area contributed by atoms with E-state index in [0.29, 0.717) is 5.92 Å². The lowest BCUT2D eigenvalue weighted by Gasteiger charge is -2.26. The van der Waals surface area contributed by atoms with Crippen LogP contribution in [0.4, 0.5) is 5.13 Å². The smallest absolute Gasteiger partial charge is 0.202 e. The molecule has 0 radical (unpaired) electrons. The third kappa shape index (κ3) is 4.19. The first-order chi connectivity index (χ1) is 8.75. The van der Waals surface area contributed by atoms with E-state index in [0.717, 1.165) is 37.0 Å². The zero-order valence-electron chi connectivity index (χ0n) is 11.3. The maximum absolute atomic E-state index is 4.47. The van der Waals surface area contributed by atoms with Gasteiger partial charge in [-0.2, -0.15) is 4.37 Å². The van der Waals surface area contributed by atoms with E-state index in [-0.39, 0.29) is 0 Å². The molecule has 5 nitrogen and oxygen atoms in total. The molecule has 1 fully saturated rings. The molecule has 1 saturated heterocycles. The summed E-state index contributed by atoms with van der Waals surface area (Å²) in [6, 6.07) is 0. The molecule has 2 rings (SSSR count). The summed E-state index contributed by atoms with van der Waals surface area (Å²) < 4.78 is 4.33. The van der Waals surface area contributed by atoms with Crippen molar-refractivity contribution in [3.63, 3.8) is 0 Å². The summed E-state index contributed by atoms with van der Waals surface area (Å²) >= 11 is 1.47. The first-order valence-corrected chi connectivity index (χ1v) is 7.53. The van der Waals surface area contributed by atoms with Gasteiger partial charge in [0.05, 0.1) is 0 Å². The van der Waals surface area contributed by atoms with Crippen LogP contribution < -0.4 is 10.6 Å². The van der Waals surface area contributed by atoms with Crippen LogP contribution in [-0.4, -0.2) is 53.5 Å². The Morgan fingerprint density at radius 2 is 2.17 bits per heavy atom. The Bertz CT molecular complexity index is 346. The van der Waals surface area contributed by atoms with Crippen LogP contribution in [0.25, 0.3) is 0 Å². The minimum absolute atomic E-state index is 0.414. The van der Waals surface area contributed by atoms with Crippen molar-refractivity contribution in [3.8, 4) is 0 Å². The van der Waals surface area contributed by atoms with Crippen LogP contribution in [0.1, 0.15) is 32.0 Å². The lowest BCUT2D eigenvalue weighted by atomic mass is 10.2. The van der Waals surface area contributed by atoms with Crippen molar-refractivity contribution in [2.75, 3.05) is 44.6 Å². The number of rotatable bonds is 6. The van der Waals surface area contributed by atoms with E-state index in [4.69, 9.17) is 0 Å². The number of aromatic nitrogens is 2. The minimum atomic E-state index is 0.414. The summed E-state index contributed by atoms with van der Waals surface area (Å²) in [5.41, 5.74) is 0. The number of nitrogens with one attached hydrogen (secondary N) is 2. The predicted molar refractivity (Wildman–Crippen MR) is 76.4 cm³/mol. The van der Waals surface area contributed by atoms with Crippen LogP contribution in [0.2, 0.25) is 0 Å². The highest BCUT2D eigenvalue weighted by atomic mass is 32.1. The number of piperazine rings is 1. The Labute approximate surface area is 113 Å². The molecule has 1 aliphatic heterocycles. The number of hydrogen-bond acceptors (Lipinski definition) is 6. The van der Waals surface area contributed by atoms with Gasteiger partial charge in [-0.1, -0.05) is 13.8 Å². The second-order valence-electron chi connectivity index (χ2n) is 4.98. The summed E-state index contributed by atoms with van der Waals surface area (Å²) in [6.07, 6.45) is 1.16. The predicted octanol–water partition coefficient (Wildman–Crippen LogP) is 1.37. The van der Waals surface area contributed by atoms with Gasteiger partial charge in [-0.25, -0.2) is 4.98 Å². The van der Waals surface area contributed by atoms with Gasteiger partial charge in [-0.15, -0.1) is 0 Å². The average molecular weight is 269 g/mol. The number of hydrogen-bond donors (Lipinski definition) is 2. The zero-order chi connectivity index (χ0) is 12.8. The first-order valence-electron chi connectivity index (χ1n) is 6.76. The third-order valence-electron chi connectivity index (χ3n) is 3.10. The maximum Gasteiger partial charge on any atom is 0.202 e. The summed E-state index contributed by atoms with van der Waals surface area (Å²) in [7, 11) is 0. The molecule has 0 bridgehead atoms. The molecule has 0 spiro atoms. The molecule has 1 aliphatic rings. The van der Waals surface area contributed by atoms with E-state index in [1.165, 1.54) is 31.2 Å². The van der Waals surface area contributed by atoms with Crippen molar-refractivity contribution in [2.45, 2.75) is 26.2 Å². The van der Waals surface area contributed by atoms with Crippen LogP contribution in [0, 0.1) is 0 Å². The molecule has 0 aliphatic carbocycles. The summed E-state index contributed by atoms with van der Waals surface area (Å²) in [5, 5.41) is 7.69. The van der Waals surface area contributed by atoms with E-state index in [2.05, 4.69) is 38.7 Å². The van der Waals surface area contributed by atoms with E-state index in [1.54, 1.807) is 0 Å². The van der Waals surface area contributed by atoms with E-state index in [9.17, 15) is 0 Å². The average Bonchev–Trinajstić information content (AvgIpc) is 2.85. The molecule has 0 saturated carbocycles. The summed E-state index contributed by atoms with van der Waals surface area (Å²) in [4.78, 5) is 6.98. The van der Waals surface area contributed by atoms with Gasteiger partial charge in [-0.05, 0) is 13.0 Å². The van der Waals surface area contributed by atoms with Crippen molar-refractivity contribution in [1.29, 1.82) is 0 Å². The van der Waals surface area contributed by atoms with Gasteiger partial charge in [0.25, 0.3) is 0 Å². The van der Waals surface area contributed by atoms with Gasteiger partial charge >= 0.3 is 0 Å². The van der Waals surface area contributed by atoms with Crippen molar-refractivity contribution in [3.05, 3.63) is 5.82 Å². The van der Waals surface area contributed by atoms with Crippen LogP contribution in [-0.2, 0) is 0 Å². The molecular formula is C12H23N5S. The van der Waals surface area contributed by atoms with Gasteiger partial charge in [0.1, 0.15) is 5.82 Å². The van der Waals surface area contributed by atoms with Gasteiger partial charge in [-0.3, -0.25) is 0 Å². The molecule has 0 unspecified atom stereocenters. The lowest BCUT2D eigenvalue weighted by molar-refractivity contribution is 0.240. The highest BCUT2D eigenvalue weighted by Gasteiger charge is 2.09. The monoisotopic (exact) mass is 269 g/mol. The number of anilines is 1. The Kier molecular flexibility index (Phi) is 5.34. The molecule has 0 amide bonds. The van der Waals surface area contributed by atoms with Crippen LogP contribution in [0.5, 0.6) is 0 Å². The van der Waals surface area contributed by atoms with Gasteiger partial charge in [0.2, 0.25) is 5.13 Å². The quantitative estimate of drug-likeness (QED) is 0.764. The number of nitrogens with zero attached hydrogens (tertiary/aromatic N) is 3. The molecule has 18 heavy (non-hydrogen) atoms. The second kappa shape index (κ2) is 7.01. The molecule has 2 heterocycles. The first kappa shape index (κ1) is 13.7. The highest BCUT2D eigenvalue weighted by Crippen LogP contribution is 2.16. The second-order valence-corrected chi connectivity index (χ2v) is 5.74. The molecule has 0 aromatic carbocycles. The van der Waals surface area contributed by atoms with Gasteiger partial charge in [0.15, 0.2) is 0 Å². The Hall–Kier alpha value is -0.720. The van der Waals surface area contributed by atoms with Crippen molar-refractivity contribution in [2.24, 2.45) is 0 Å². The molecule has 2 N–H and O–H groups in total. The van der Waals surface area contributed by atoms with E-state index >= 15 is 0 Å². The zero-order valence-corrected chi connectivity index (χ0v) is 12.1. The topological polar surface area (TPSA) is 53.1 Å². The van der Waals surface area contributed by atoms with Crippen molar-refractivity contribution >= 4 is 16.7 Å². The Morgan fingerprint density at radius 1 is 1.39 bits per heavy atom. The SMILES string of the molecule is CC(C)c1nsc(NCCCN2CCNCC2)n1. The van der Waals surface area contributed by atoms with E-state index < -0.39 is 0 Å². The Morgan fingerprint density at radius 3 is 2.83 bits per heavy atom. The summed E-state index contributed by atoms with van der Waals surface area (Å²) in [5.74, 6) is 1.36. The van der Waals surface area contributed by atoms with Crippen LogP contribution in [0.3, 0.4) is 0 Å². The van der Waals surface area contributed by atoms with Crippen LogP contribution >= 0.6 is 11.5 Å². The molecular weight excluding hydrogens is 246 g/mol. The van der Waals surface area contributed by atoms with Crippen LogP contribution in [0.15, 0.2) is 0 Å². The molecule has 102 valence electrons. The van der Waals surface area contributed by atoms with Crippen molar-refractivity contribution < 1.29 is 0 Å². The standard InChI is InChI=1S/C12H23N5S/c1-10(2)11-15-12(18-16-11)14-4-3-7-17-8-5-13-6-9-17/h10,13H,3-9H2,1-2H3,(H,14,15,16). The molecule has 0 atom stereocenters. The van der Waals surface area contributed by atoms with Crippen molar-refractivity contribution in [1.82, 2.24) is 19.6 Å². The molecule has 1 aromatic heterocycles. The van der Waals surface area contributed by atoms with Gasteiger partial charge in [0, 0.05) is 50.2 Å².